The molecule has 1 aromatic rings. The third-order valence-corrected chi connectivity index (χ3v) is 1.74. The third kappa shape index (κ3) is 1.31. The molecule has 2 heteroatoms. The average Bonchev–Trinajstić information content (AvgIpc) is 1.95. The largest absolute Gasteiger partial charge is 0.392 e. The summed E-state index contributed by atoms with van der Waals surface area (Å²) in [6.07, 6.45) is 0. The zero-order valence-electron chi connectivity index (χ0n) is 5.47. The van der Waals surface area contributed by atoms with E-state index in [1.54, 1.807) is 18.2 Å². The molecule has 0 bridgehead atoms. The predicted octanol–water partition coefficient (Wildman–Crippen LogP) is 2.01. The Kier molecular flexibility index (Phi) is 2.30. The summed E-state index contributed by atoms with van der Waals surface area (Å²) in [5.41, 5.74) is 1.50. The predicted molar refractivity (Wildman–Crippen MR) is 41.8 cm³/mol. The molecule has 0 fully saturated rings. The van der Waals surface area contributed by atoms with Gasteiger partial charge in [0, 0.05) is 5.02 Å². The number of rotatable bonds is 1. The molecule has 0 saturated heterocycles. The van der Waals surface area contributed by atoms with E-state index in [1.807, 2.05) is 0 Å². The summed E-state index contributed by atoms with van der Waals surface area (Å²) in [5, 5.41) is 9.35. The number of halogens is 1. The van der Waals surface area contributed by atoms with Gasteiger partial charge in [-0.2, -0.15) is 0 Å². The van der Waals surface area contributed by atoms with Crippen LogP contribution in [0.4, 0.5) is 0 Å². The second-order valence-electron chi connectivity index (χ2n) is 2.04. The first-order chi connectivity index (χ1) is 4.75. The molecule has 0 aromatic heterocycles. The van der Waals surface area contributed by atoms with Gasteiger partial charge in [0.25, 0.3) is 0 Å². The smallest absolute Gasteiger partial charge is 0.0685 e. The Morgan fingerprint density at radius 2 is 2.20 bits per heavy atom. The molecule has 0 amide bonds. The first-order valence-corrected chi connectivity index (χ1v) is 3.33. The topological polar surface area (TPSA) is 20.2 Å². The van der Waals surface area contributed by atoms with Crippen molar-refractivity contribution in [2.45, 2.75) is 6.61 Å². The van der Waals surface area contributed by atoms with Crippen molar-refractivity contribution in [2.24, 2.45) is 0 Å². The third-order valence-electron chi connectivity index (χ3n) is 1.39. The van der Waals surface area contributed by atoms with Crippen molar-refractivity contribution < 1.29 is 5.11 Å². The summed E-state index contributed by atoms with van der Waals surface area (Å²) in [7, 11) is 0. The lowest BCUT2D eigenvalue weighted by molar-refractivity contribution is 0.281. The number of benzene rings is 1. The Morgan fingerprint density at radius 1 is 1.50 bits per heavy atom. The van der Waals surface area contributed by atoms with Crippen LogP contribution in [0.5, 0.6) is 0 Å². The molecule has 1 rings (SSSR count). The minimum atomic E-state index is -0.000602. The van der Waals surface area contributed by atoms with Gasteiger partial charge in [-0.15, -0.1) is 0 Å². The van der Waals surface area contributed by atoms with Crippen LogP contribution in [0.3, 0.4) is 0 Å². The van der Waals surface area contributed by atoms with Crippen molar-refractivity contribution in [3.8, 4) is 0 Å². The maximum Gasteiger partial charge on any atom is 0.0685 e. The molecule has 0 aliphatic carbocycles. The molecular weight excluding hydrogens is 148 g/mol. The van der Waals surface area contributed by atoms with Crippen LogP contribution in [0.25, 0.3) is 0 Å². The molecule has 1 aromatic carbocycles. The van der Waals surface area contributed by atoms with E-state index in [0.29, 0.717) is 10.6 Å². The van der Waals surface area contributed by atoms with E-state index in [9.17, 15) is 0 Å². The van der Waals surface area contributed by atoms with E-state index in [2.05, 4.69) is 6.92 Å². The van der Waals surface area contributed by atoms with Crippen molar-refractivity contribution in [1.29, 1.82) is 0 Å². The van der Waals surface area contributed by atoms with E-state index < -0.39 is 0 Å². The van der Waals surface area contributed by atoms with Crippen LogP contribution in [0.15, 0.2) is 18.2 Å². The fraction of sp³-hybridized carbons (Fsp3) is 0.125. The Labute approximate surface area is 65.3 Å². The average molecular weight is 156 g/mol. The van der Waals surface area contributed by atoms with Crippen LogP contribution in [-0.2, 0) is 6.61 Å². The van der Waals surface area contributed by atoms with Gasteiger partial charge in [-0.05, 0) is 24.1 Å². The monoisotopic (exact) mass is 155 g/mol. The molecule has 53 valence electrons. The summed E-state index contributed by atoms with van der Waals surface area (Å²) >= 11 is 5.72. The minimum absolute atomic E-state index is 0.000602. The first kappa shape index (κ1) is 7.58. The van der Waals surface area contributed by atoms with Crippen molar-refractivity contribution in [3.05, 3.63) is 41.3 Å². The van der Waals surface area contributed by atoms with Gasteiger partial charge >= 0.3 is 0 Å². The lowest BCUT2D eigenvalue weighted by Crippen LogP contribution is -1.87. The van der Waals surface area contributed by atoms with Gasteiger partial charge in [0.15, 0.2) is 0 Å². The normalized spacial score (nSPS) is 9.90. The molecule has 0 aliphatic heterocycles. The van der Waals surface area contributed by atoms with Gasteiger partial charge < -0.3 is 5.11 Å². The molecule has 0 aliphatic rings. The molecule has 10 heavy (non-hydrogen) atoms. The molecule has 1 nitrogen and oxygen atoms in total. The van der Waals surface area contributed by atoms with Crippen LogP contribution in [0, 0.1) is 6.92 Å². The van der Waals surface area contributed by atoms with Gasteiger partial charge in [-0.1, -0.05) is 23.7 Å². The fourth-order valence-corrected chi connectivity index (χ4v) is 0.946. The van der Waals surface area contributed by atoms with E-state index in [4.69, 9.17) is 16.7 Å². The lowest BCUT2D eigenvalue weighted by Gasteiger charge is -2.01. The highest BCUT2D eigenvalue weighted by atomic mass is 35.5. The van der Waals surface area contributed by atoms with Crippen molar-refractivity contribution in [3.63, 3.8) is 0 Å². The van der Waals surface area contributed by atoms with Gasteiger partial charge in [0.1, 0.15) is 0 Å². The van der Waals surface area contributed by atoms with E-state index in [-0.39, 0.29) is 6.61 Å². The van der Waals surface area contributed by atoms with Gasteiger partial charge in [0.2, 0.25) is 0 Å². The van der Waals surface area contributed by atoms with Gasteiger partial charge in [0.05, 0.1) is 6.61 Å². The van der Waals surface area contributed by atoms with Crippen LogP contribution < -0.4 is 0 Å². The summed E-state index contributed by atoms with van der Waals surface area (Å²) < 4.78 is 0. The highest BCUT2D eigenvalue weighted by molar-refractivity contribution is 6.31. The SMILES string of the molecule is [CH2]c1c(Cl)cccc1CO. The second-order valence-corrected chi connectivity index (χ2v) is 2.44. The lowest BCUT2D eigenvalue weighted by atomic mass is 10.1. The summed E-state index contributed by atoms with van der Waals surface area (Å²) in [4.78, 5) is 0. The maximum atomic E-state index is 8.74. The molecule has 0 atom stereocenters. The Morgan fingerprint density at radius 3 is 2.70 bits per heavy atom. The highest BCUT2D eigenvalue weighted by Gasteiger charge is 1.98. The minimum Gasteiger partial charge on any atom is -0.392 e. The Hall–Kier alpha value is -0.530. The van der Waals surface area contributed by atoms with Gasteiger partial charge in [-0.3, -0.25) is 0 Å². The maximum absolute atomic E-state index is 8.74. The molecule has 0 spiro atoms. The molecule has 0 heterocycles. The highest BCUT2D eigenvalue weighted by Crippen LogP contribution is 2.17. The Bertz CT molecular complexity index is 233. The molecule has 1 radical (unpaired) electrons. The molecule has 0 unspecified atom stereocenters. The van der Waals surface area contributed by atoms with Crippen molar-refractivity contribution in [2.75, 3.05) is 0 Å². The van der Waals surface area contributed by atoms with Crippen LogP contribution in [0.1, 0.15) is 11.1 Å². The summed E-state index contributed by atoms with van der Waals surface area (Å²) in [6.45, 7) is 3.70. The summed E-state index contributed by atoms with van der Waals surface area (Å²) in [5.74, 6) is 0. The number of aliphatic hydroxyl groups excluding tert-OH is 1. The van der Waals surface area contributed by atoms with Gasteiger partial charge in [-0.25, -0.2) is 0 Å². The summed E-state index contributed by atoms with van der Waals surface area (Å²) in [6, 6.07) is 5.35. The van der Waals surface area contributed by atoms with E-state index in [0.717, 1.165) is 5.56 Å². The molecular formula is C8H8ClO. The standard InChI is InChI=1S/C8H8ClO/c1-6-7(5-10)3-2-4-8(6)9/h2-4,10H,1,5H2. The number of aliphatic hydroxyl groups is 1. The zero-order valence-corrected chi connectivity index (χ0v) is 6.23. The molecule has 1 N–H and O–H groups in total. The van der Waals surface area contributed by atoms with E-state index >= 15 is 0 Å². The van der Waals surface area contributed by atoms with Crippen LogP contribution in [-0.4, -0.2) is 5.11 Å². The van der Waals surface area contributed by atoms with Crippen LogP contribution >= 0.6 is 11.6 Å². The molecule has 0 saturated carbocycles. The number of hydrogen-bond donors (Lipinski definition) is 1. The fourth-order valence-electron chi connectivity index (χ4n) is 0.751. The van der Waals surface area contributed by atoms with Crippen molar-refractivity contribution in [1.82, 2.24) is 0 Å². The first-order valence-electron chi connectivity index (χ1n) is 2.96. The quantitative estimate of drug-likeness (QED) is 0.658. The van der Waals surface area contributed by atoms with Crippen molar-refractivity contribution >= 4 is 11.6 Å². The number of hydrogen-bond acceptors (Lipinski definition) is 1. The Balaban J connectivity index is 3.14. The zero-order chi connectivity index (χ0) is 7.56. The van der Waals surface area contributed by atoms with Crippen LogP contribution in [0.2, 0.25) is 5.02 Å². The second kappa shape index (κ2) is 3.04. The van der Waals surface area contributed by atoms with E-state index in [1.165, 1.54) is 0 Å².